The molecular weight excluding hydrogens is 309 g/mol. The molecule has 5 nitrogen and oxygen atoms in total. The Bertz CT molecular complexity index is 670. The second-order valence-corrected chi connectivity index (χ2v) is 5.31. The zero-order chi connectivity index (χ0) is 16.1. The molecule has 7 heteroatoms. The van der Waals surface area contributed by atoms with Crippen LogP contribution in [-0.2, 0) is 11.2 Å². The fraction of sp³-hybridized carbons (Fsp3) is 0.200. The second kappa shape index (κ2) is 7.09. The highest BCUT2D eigenvalue weighted by molar-refractivity contribution is 6.30. The Hall–Kier alpha value is -2.34. The maximum atomic E-state index is 12.9. The third-order valence-electron chi connectivity index (χ3n) is 3.20. The van der Waals surface area contributed by atoms with E-state index in [2.05, 4.69) is 10.3 Å². The van der Waals surface area contributed by atoms with Crippen LogP contribution >= 0.6 is 11.6 Å². The van der Waals surface area contributed by atoms with Crippen molar-refractivity contribution in [2.45, 2.75) is 6.42 Å². The van der Waals surface area contributed by atoms with Crippen molar-refractivity contribution >= 4 is 23.4 Å². The van der Waals surface area contributed by atoms with Gasteiger partial charge in [-0.1, -0.05) is 23.7 Å². The van der Waals surface area contributed by atoms with Crippen LogP contribution in [0.2, 0.25) is 5.02 Å². The highest BCUT2D eigenvalue weighted by atomic mass is 35.5. The Morgan fingerprint density at radius 3 is 2.55 bits per heavy atom. The molecular formula is C15H15ClFN3O2. The molecule has 0 saturated heterocycles. The molecule has 0 aliphatic rings. The van der Waals surface area contributed by atoms with E-state index in [0.29, 0.717) is 17.1 Å². The van der Waals surface area contributed by atoms with E-state index in [1.807, 2.05) is 0 Å². The van der Waals surface area contributed by atoms with Gasteiger partial charge in [0, 0.05) is 12.7 Å². The molecule has 0 aliphatic carbocycles. The van der Waals surface area contributed by atoms with Gasteiger partial charge in [-0.05, 0) is 30.2 Å². The number of hydrogen-bond acceptors (Lipinski definition) is 2. The Morgan fingerprint density at radius 2 is 2.00 bits per heavy atom. The van der Waals surface area contributed by atoms with Crippen molar-refractivity contribution in [3.8, 4) is 0 Å². The Morgan fingerprint density at radius 1 is 1.32 bits per heavy atom. The molecule has 2 amide bonds. The van der Waals surface area contributed by atoms with Crippen LogP contribution in [0.25, 0.3) is 0 Å². The molecule has 1 aromatic heterocycles. The minimum absolute atomic E-state index is 0.0855. The Labute approximate surface area is 131 Å². The highest BCUT2D eigenvalue weighted by Crippen LogP contribution is 2.11. The van der Waals surface area contributed by atoms with Gasteiger partial charge in [0.25, 0.3) is 5.91 Å². The lowest BCUT2D eigenvalue weighted by atomic mass is 9.98. The fourth-order valence-corrected chi connectivity index (χ4v) is 2.15. The van der Waals surface area contributed by atoms with Crippen molar-refractivity contribution in [3.05, 3.63) is 58.6 Å². The van der Waals surface area contributed by atoms with Gasteiger partial charge in [0.15, 0.2) is 0 Å². The number of amides is 2. The first kappa shape index (κ1) is 16.0. The molecule has 116 valence electrons. The van der Waals surface area contributed by atoms with Gasteiger partial charge in [-0.3, -0.25) is 9.59 Å². The van der Waals surface area contributed by atoms with Gasteiger partial charge in [0.1, 0.15) is 11.5 Å². The molecule has 0 spiro atoms. The number of nitrogens with one attached hydrogen (secondary N) is 2. The lowest BCUT2D eigenvalue weighted by Gasteiger charge is -2.14. The second-order valence-electron chi connectivity index (χ2n) is 4.87. The molecule has 1 unspecified atom stereocenters. The van der Waals surface area contributed by atoms with Crippen molar-refractivity contribution in [2.24, 2.45) is 11.7 Å². The predicted octanol–water partition coefficient (Wildman–Crippen LogP) is 1.88. The van der Waals surface area contributed by atoms with E-state index < -0.39 is 11.8 Å². The minimum atomic E-state index is -0.583. The lowest BCUT2D eigenvalue weighted by molar-refractivity contribution is -0.121. The third kappa shape index (κ3) is 4.33. The zero-order valence-corrected chi connectivity index (χ0v) is 12.4. The van der Waals surface area contributed by atoms with Crippen molar-refractivity contribution in [1.29, 1.82) is 0 Å². The van der Waals surface area contributed by atoms with Gasteiger partial charge in [-0.2, -0.15) is 0 Å². The van der Waals surface area contributed by atoms with Gasteiger partial charge < -0.3 is 16.0 Å². The molecule has 0 saturated carbocycles. The number of carbonyl (C=O) groups excluding carboxylic acids is 2. The van der Waals surface area contributed by atoms with E-state index >= 15 is 0 Å². The van der Waals surface area contributed by atoms with Crippen LogP contribution in [0.4, 0.5) is 4.39 Å². The molecule has 4 N–H and O–H groups in total. The molecule has 0 fully saturated rings. The van der Waals surface area contributed by atoms with Crippen LogP contribution in [0.15, 0.2) is 36.5 Å². The number of aromatic amines is 1. The average molecular weight is 324 g/mol. The van der Waals surface area contributed by atoms with E-state index in [1.54, 1.807) is 12.1 Å². The summed E-state index contributed by atoms with van der Waals surface area (Å²) in [5.41, 5.74) is 6.42. The number of hydrogen-bond donors (Lipinski definition) is 3. The largest absolute Gasteiger partial charge is 0.369 e. The van der Waals surface area contributed by atoms with Gasteiger partial charge in [-0.15, -0.1) is 0 Å². The van der Waals surface area contributed by atoms with Crippen LogP contribution in [0.3, 0.4) is 0 Å². The number of rotatable bonds is 6. The molecule has 2 aromatic rings. The minimum Gasteiger partial charge on any atom is -0.369 e. The average Bonchev–Trinajstić information content (AvgIpc) is 2.91. The predicted molar refractivity (Wildman–Crippen MR) is 80.9 cm³/mol. The number of H-pyrrole nitrogens is 1. The number of primary amides is 1. The summed E-state index contributed by atoms with van der Waals surface area (Å²) >= 11 is 5.72. The number of benzene rings is 1. The number of nitrogens with two attached hydrogens (primary N) is 1. The summed E-state index contributed by atoms with van der Waals surface area (Å²) in [5.74, 6) is -1.84. The van der Waals surface area contributed by atoms with Crippen LogP contribution in [0.1, 0.15) is 16.1 Å². The van der Waals surface area contributed by atoms with Crippen LogP contribution in [-0.4, -0.2) is 23.3 Å². The molecule has 22 heavy (non-hydrogen) atoms. The van der Waals surface area contributed by atoms with Crippen molar-refractivity contribution in [1.82, 2.24) is 10.3 Å². The van der Waals surface area contributed by atoms with Crippen LogP contribution in [0.5, 0.6) is 0 Å². The molecule has 0 bridgehead atoms. The first-order valence-corrected chi connectivity index (χ1v) is 6.99. The van der Waals surface area contributed by atoms with E-state index in [1.165, 1.54) is 24.4 Å². The highest BCUT2D eigenvalue weighted by Gasteiger charge is 2.18. The fourth-order valence-electron chi connectivity index (χ4n) is 1.99. The van der Waals surface area contributed by atoms with Gasteiger partial charge in [0.05, 0.1) is 10.9 Å². The van der Waals surface area contributed by atoms with E-state index in [9.17, 15) is 14.0 Å². The summed E-state index contributed by atoms with van der Waals surface area (Å²) in [6.45, 7) is 0.0855. The smallest absolute Gasteiger partial charge is 0.267 e. The summed E-state index contributed by atoms with van der Waals surface area (Å²) in [5, 5.41) is 3.04. The first-order valence-electron chi connectivity index (χ1n) is 6.61. The van der Waals surface area contributed by atoms with Gasteiger partial charge in [-0.25, -0.2) is 4.39 Å². The maximum Gasteiger partial charge on any atom is 0.267 e. The van der Waals surface area contributed by atoms with Gasteiger partial charge in [0.2, 0.25) is 5.91 Å². The molecule has 2 rings (SSSR count). The standard InChI is InChI=1S/C15H15ClFN3O2/c16-11-6-13(19-8-11)15(22)20-7-10(14(18)21)5-9-1-3-12(17)4-2-9/h1-4,6,8,10,19H,5,7H2,(H2,18,21)(H,20,22). The van der Waals surface area contributed by atoms with Crippen LogP contribution in [0, 0.1) is 11.7 Å². The quantitative estimate of drug-likeness (QED) is 0.758. The SMILES string of the molecule is NC(=O)C(CNC(=O)c1cc(Cl)c[nH]1)Cc1ccc(F)cc1. The lowest BCUT2D eigenvalue weighted by Crippen LogP contribution is -2.37. The van der Waals surface area contributed by atoms with Crippen molar-refractivity contribution in [3.63, 3.8) is 0 Å². The number of carbonyl (C=O) groups is 2. The summed E-state index contributed by atoms with van der Waals surface area (Å²) in [6, 6.07) is 7.27. The van der Waals surface area contributed by atoms with Crippen molar-refractivity contribution < 1.29 is 14.0 Å². The van der Waals surface area contributed by atoms with Gasteiger partial charge >= 0.3 is 0 Å². The summed E-state index contributed by atoms with van der Waals surface area (Å²) in [7, 11) is 0. The summed E-state index contributed by atoms with van der Waals surface area (Å²) < 4.78 is 12.9. The van der Waals surface area contributed by atoms with Crippen LogP contribution < -0.4 is 11.1 Å². The molecule has 1 atom stereocenters. The van der Waals surface area contributed by atoms with E-state index in [4.69, 9.17) is 17.3 Å². The third-order valence-corrected chi connectivity index (χ3v) is 3.42. The summed E-state index contributed by atoms with van der Waals surface area (Å²) in [6.07, 6.45) is 1.81. The van der Waals surface area contributed by atoms with E-state index in [-0.39, 0.29) is 18.3 Å². The topological polar surface area (TPSA) is 88.0 Å². The zero-order valence-electron chi connectivity index (χ0n) is 11.6. The molecule has 0 radical (unpaired) electrons. The van der Waals surface area contributed by atoms with Crippen molar-refractivity contribution in [2.75, 3.05) is 6.54 Å². The Balaban J connectivity index is 1.95. The normalized spacial score (nSPS) is 11.9. The maximum absolute atomic E-state index is 12.9. The first-order chi connectivity index (χ1) is 10.5. The van der Waals surface area contributed by atoms with E-state index in [0.717, 1.165) is 5.56 Å². The summed E-state index contributed by atoms with van der Waals surface area (Å²) in [4.78, 5) is 26.1. The molecule has 1 heterocycles. The molecule has 0 aliphatic heterocycles. The monoisotopic (exact) mass is 323 g/mol. The Kier molecular flexibility index (Phi) is 5.16. The number of halogens is 2. The number of aromatic nitrogens is 1. The molecule has 1 aromatic carbocycles.